The van der Waals surface area contributed by atoms with Gasteiger partial charge in [0.1, 0.15) is 0 Å². The Morgan fingerprint density at radius 3 is 3.00 bits per heavy atom. The van der Waals surface area contributed by atoms with Crippen molar-refractivity contribution in [2.24, 2.45) is 0 Å². The molecule has 0 aliphatic heterocycles. The Kier molecular flexibility index (Phi) is 3.04. The Morgan fingerprint density at radius 1 is 1.39 bits per heavy atom. The van der Waals surface area contributed by atoms with E-state index in [1.54, 1.807) is 11.3 Å². The summed E-state index contributed by atoms with van der Waals surface area (Å²) in [6, 6.07) is 3.92. The number of imidazole rings is 1. The zero-order valence-corrected chi connectivity index (χ0v) is 11.3. The van der Waals surface area contributed by atoms with Crippen molar-refractivity contribution in [1.29, 1.82) is 0 Å². The Hall–Kier alpha value is -1.42. The van der Waals surface area contributed by atoms with Gasteiger partial charge in [0.05, 0.1) is 23.4 Å². The number of carbonyl (C=O) groups excluding carboxylic acids is 1. The van der Waals surface area contributed by atoms with Gasteiger partial charge in [-0.05, 0) is 44.7 Å². The Labute approximate surface area is 110 Å². The Morgan fingerprint density at radius 2 is 2.22 bits per heavy atom. The van der Waals surface area contributed by atoms with Gasteiger partial charge in [0, 0.05) is 10.6 Å². The second-order valence-corrected chi connectivity index (χ2v) is 6.09. The standard InChI is InChI=1S/C14H16N2OS/c1-10-6-7-14(18-10)13(17)8-16-9-15-11-4-2-3-5-12(11)16/h6-7,9H,2-5,8H2,1H3. The molecule has 0 unspecified atom stereocenters. The van der Waals surface area contributed by atoms with Gasteiger partial charge in [0.2, 0.25) is 0 Å². The molecule has 3 rings (SSSR count). The third kappa shape index (κ3) is 2.12. The summed E-state index contributed by atoms with van der Waals surface area (Å²) in [5.74, 6) is 0.193. The van der Waals surface area contributed by atoms with Crippen molar-refractivity contribution < 1.29 is 4.79 Å². The molecule has 0 aromatic carbocycles. The van der Waals surface area contributed by atoms with E-state index in [-0.39, 0.29) is 5.78 Å². The second-order valence-electron chi connectivity index (χ2n) is 4.81. The van der Waals surface area contributed by atoms with Crippen molar-refractivity contribution in [1.82, 2.24) is 9.55 Å². The molecule has 18 heavy (non-hydrogen) atoms. The van der Waals surface area contributed by atoms with Gasteiger partial charge in [-0.2, -0.15) is 0 Å². The molecule has 3 nitrogen and oxygen atoms in total. The normalized spacial score (nSPS) is 14.5. The molecule has 0 spiro atoms. The van der Waals surface area contributed by atoms with Crippen LogP contribution in [0.4, 0.5) is 0 Å². The maximum atomic E-state index is 12.2. The molecule has 0 atom stereocenters. The van der Waals surface area contributed by atoms with Crippen molar-refractivity contribution >= 4 is 17.1 Å². The molecule has 2 aromatic heterocycles. The molecule has 0 fully saturated rings. The zero-order valence-electron chi connectivity index (χ0n) is 10.5. The molecule has 1 aliphatic rings. The van der Waals surface area contributed by atoms with Crippen LogP contribution in [0.1, 0.15) is 38.8 Å². The third-order valence-corrected chi connectivity index (χ3v) is 4.48. The third-order valence-electron chi connectivity index (χ3n) is 3.44. The summed E-state index contributed by atoms with van der Waals surface area (Å²) in [6.45, 7) is 2.46. The average Bonchev–Trinajstić information content (AvgIpc) is 2.97. The number of hydrogen-bond acceptors (Lipinski definition) is 3. The van der Waals surface area contributed by atoms with E-state index in [0.717, 1.165) is 17.7 Å². The topological polar surface area (TPSA) is 34.9 Å². The molecule has 0 saturated carbocycles. The number of fused-ring (bicyclic) bond motifs is 1. The van der Waals surface area contributed by atoms with Crippen LogP contribution in [0.5, 0.6) is 0 Å². The summed E-state index contributed by atoms with van der Waals surface area (Å²) < 4.78 is 2.03. The lowest BCUT2D eigenvalue weighted by atomic mass is 10.0. The van der Waals surface area contributed by atoms with Gasteiger partial charge in [-0.3, -0.25) is 4.79 Å². The monoisotopic (exact) mass is 260 g/mol. The van der Waals surface area contributed by atoms with E-state index in [1.165, 1.54) is 29.1 Å². The number of ketones is 1. The van der Waals surface area contributed by atoms with Crippen molar-refractivity contribution in [2.45, 2.75) is 39.2 Å². The summed E-state index contributed by atoms with van der Waals surface area (Å²) in [5.41, 5.74) is 2.46. The second kappa shape index (κ2) is 4.69. The minimum absolute atomic E-state index is 0.193. The SMILES string of the molecule is Cc1ccc(C(=O)Cn2cnc3c2CCCC3)s1. The van der Waals surface area contributed by atoms with Crippen LogP contribution in [0.25, 0.3) is 0 Å². The largest absolute Gasteiger partial charge is 0.326 e. The van der Waals surface area contributed by atoms with E-state index in [1.807, 2.05) is 30.0 Å². The molecule has 0 bridgehead atoms. The van der Waals surface area contributed by atoms with Gasteiger partial charge in [-0.1, -0.05) is 0 Å². The lowest BCUT2D eigenvalue weighted by Crippen LogP contribution is -2.13. The first-order chi connectivity index (χ1) is 8.74. The zero-order chi connectivity index (χ0) is 12.5. The summed E-state index contributed by atoms with van der Waals surface area (Å²) in [4.78, 5) is 18.6. The number of hydrogen-bond donors (Lipinski definition) is 0. The lowest BCUT2D eigenvalue weighted by molar-refractivity contribution is 0.0975. The highest BCUT2D eigenvalue weighted by Crippen LogP contribution is 2.21. The van der Waals surface area contributed by atoms with Gasteiger partial charge < -0.3 is 4.57 Å². The van der Waals surface area contributed by atoms with Crippen molar-refractivity contribution in [3.63, 3.8) is 0 Å². The molecule has 2 aromatic rings. The number of aromatic nitrogens is 2. The first-order valence-electron chi connectivity index (χ1n) is 6.36. The maximum Gasteiger partial charge on any atom is 0.192 e. The summed E-state index contributed by atoms with van der Waals surface area (Å²) in [6.07, 6.45) is 6.39. The van der Waals surface area contributed by atoms with E-state index in [0.29, 0.717) is 6.54 Å². The fourth-order valence-electron chi connectivity index (χ4n) is 2.48. The number of aryl methyl sites for hydroxylation is 2. The van der Waals surface area contributed by atoms with Gasteiger partial charge in [0.25, 0.3) is 0 Å². The van der Waals surface area contributed by atoms with E-state index < -0.39 is 0 Å². The van der Waals surface area contributed by atoms with E-state index >= 15 is 0 Å². The number of thiophene rings is 1. The average molecular weight is 260 g/mol. The molecule has 0 saturated heterocycles. The Bertz CT molecular complexity index is 582. The van der Waals surface area contributed by atoms with Crippen LogP contribution in [-0.4, -0.2) is 15.3 Å². The van der Waals surface area contributed by atoms with Crippen LogP contribution in [0, 0.1) is 6.92 Å². The summed E-state index contributed by atoms with van der Waals surface area (Å²) in [7, 11) is 0. The molecular formula is C14H16N2OS. The van der Waals surface area contributed by atoms with Crippen LogP contribution in [0.3, 0.4) is 0 Å². The highest BCUT2D eigenvalue weighted by Gasteiger charge is 2.17. The lowest BCUT2D eigenvalue weighted by Gasteiger charge is -2.13. The molecule has 0 amide bonds. The highest BCUT2D eigenvalue weighted by molar-refractivity contribution is 7.14. The number of Topliss-reactive ketones (excluding diaryl/α,β-unsaturated/α-hetero) is 1. The minimum Gasteiger partial charge on any atom is -0.326 e. The fourth-order valence-corrected chi connectivity index (χ4v) is 3.28. The smallest absolute Gasteiger partial charge is 0.192 e. The van der Waals surface area contributed by atoms with E-state index in [9.17, 15) is 4.79 Å². The Balaban J connectivity index is 1.80. The van der Waals surface area contributed by atoms with Gasteiger partial charge >= 0.3 is 0 Å². The molecule has 0 N–H and O–H groups in total. The fraction of sp³-hybridized carbons (Fsp3) is 0.429. The van der Waals surface area contributed by atoms with Crippen molar-refractivity contribution in [3.05, 3.63) is 39.6 Å². The minimum atomic E-state index is 0.193. The molecular weight excluding hydrogens is 244 g/mol. The van der Waals surface area contributed by atoms with Crippen LogP contribution >= 0.6 is 11.3 Å². The maximum absolute atomic E-state index is 12.2. The number of rotatable bonds is 3. The number of nitrogens with zero attached hydrogens (tertiary/aromatic N) is 2. The molecule has 2 heterocycles. The van der Waals surface area contributed by atoms with Crippen LogP contribution in [0.15, 0.2) is 18.5 Å². The van der Waals surface area contributed by atoms with Crippen LogP contribution < -0.4 is 0 Å². The predicted molar refractivity (Wildman–Crippen MR) is 72.3 cm³/mol. The van der Waals surface area contributed by atoms with E-state index in [4.69, 9.17) is 0 Å². The highest BCUT2D eigenvalue weighted by atomic mass is 32.1. The quantitative estimate of drug-likeness (QED) is 0.795. The molecule has 94 valence electrons. The van der Waals surface area contributed by atoms with Crippen LogP contribution in [-0.2, 0) is 19.4 Å². The molecule has 4 heteroatoms. The summed E-state index contributed by atoms with van der Waals surface area (Å²) >= 11 is 1.57. The predicted octanol–water partition coefficient (Wildman–Crippen LogP) is 3.01. The van der Waals surface area contributed by atoms with Crippen molar-refractivity contribution in [2.75, 3.05) is 0 Å². The van der Waals surface area contributed by atoms with Crippen molar-refractivity contribution in [3.8, 4) is 0 Å². The van der Waals surface area contributed by atoms with Gasteiger partial charge in [0.15, 0.2) is 5.78 Å². The van der Waals surface area contributed by atoms with Gasteiger partial charge in [-0.25, -0.2) is 4.98 Å². The first-order valence-corrected chi connectivity index (χ1v) is 7.18. The summed E-state index contributed by atoms with van der Waals surface area (Å²) in [5, 5.41) is 0. The first kappa shape index (κ1) is 11.7. The number of carbonyl (C=O) groups is 1. The molecule has 0 radical (unpaired) electrons. The van der Waals surface area contributed by atoms with E-state index in [2.05, 4.69) is 4.98 Å². The molecule has 1 aliphatic carbocycles. The van der Waals surface area contributed by atoms with Gasteiger partial charge in [-0.15, -0.1) is 11.3 Å². The van der Waals surface area contributed by atoms with Crippen LogP contribution in [0.2, 0.25) is 0 Å².